The monoisotopic (exact) mass is 533 g/mol. The second kappa shape index (κ2) is 13.8. The SMILES string of the molecule is CSCCC(N)C(=O)O.Nc1ncnc2c1ncn2[C@@H]1O[C@H](CSCCC(N)C(=O)O)[C@@H](O)[C@H]1O. The van der Waals surface area contributed by atoms with E-state index in [1.165, 1.54) is 29.0 Å². The molecular formula is C19H31N7O7S2. The van der Waals surface area contributed by atoms with E-state index in [0.29, 0.717) is 35.5 Å². The zero-order valence-corrected chi connectivity index (χ0v) is 20.6. The van der Waals surface area contributed by atoms with Crippen molar-refractivity contribution in [2.45, 2.75) is 49.5 Å². The van der Waals surface area contributed by atoms with Gasteiger partial charge in [0, 0.05) is 5.75 Å². The summed E-state index contributed by atoms with van der Waals surface area (Å²) in [4.78, 5) is 32.8. The quantitative estimate of drug-likeness (QED) is 0.166. The first-order valence-electron chi connectivity index (χ1n) is 10.6. The molecule has 0 bridgehead atoms. The zero-order chi connectivity index (χ0) is 26.1. The van der Waals surface area contributed by atoms with Gasteiger partial charge in [0.05, 0.1) is 12.4 Å². The van der Waals surface area contributed by atoms with Gasteiger partial charge < -0.3 is 42.4 Å². The van der Waals surface area contributed by atoms with Crippen molar-refractivity contribution in [2.75, 3.05) is 29.2 Å². The molecule has 1 fully saturated rings. The topological polar surface area (TPSA) is 246 Å². The van der Waals surface area contributed by atoms with Crippen LogP contribution in [-0.4, -0.2) is 106 Å². The van der Waals surface area contributed by atoms with Crippen LogP contribution in [0.3, 0.4) is 0 Å². The number of aliphatic hydroxyl groups excluding tert-OH is 2. The van der Waals surface area contributed by atoms with Crippen LogP contribution in [0.2, 0.25) is 0 Å². The van der Waals surface area contributed by atoms with E-state index < -0.39 is 48.6 Å². The van der Waals surface area contributed by atoms with E-state index in [9.17, 15) is 19.8 Å². The number of carbonyl (C=O) groups is 2. The van der Waals surface area contributed by atoms with Crippen molar-refractivity contribution < 1.29 is 34.8 Å². The van der Waals surface area contributed by atoms with Gasteiger partial charge in [-0.05, 0) is 30.6 Å². The Balaban J connectivity index is 0.000000410. The number of nitrogen functional groups attached to an aromatic ring is 1. The highest BCUT2D eigenvalue weighted by atomic mass is 32.2. The van der Waals surface area contributed by atoms with Crippen LogP contribution in [0.15, 0.2) is 12.7 Å². The van der Waals surface area contributed by atoms with E-state index in [1.807, 2.05) is 6.26 Å². The van der Waals surface area contributed by atoms with E-state index in [-0.39, 0.29) is 5.82 Å². The number of fused-ring (bicyclic) bond motifs is 1. The average Bonchev–Trinajstić information content (AvgIpc) is 3.37. The number of carboxylic acids is 2. The molecule has 0 aromatic carbocycles. The van der Waals surface area contributed by atoms with Crippen molar-refractivity contribution in [3.8, 4) is 0 Å². The maximum absolute atomic E-state index is 10.7. The Morgan fingerprint density at radius 1 is 1.09 bits per heavy atom. The van der Waals surface area contributed by atoms with Gasteiger partial charge in [-0.2, -0.15) is 23.5 Å². The van der Waals surface area contributed by atoms with E-state index in [4.69, 9.17) is 32.2 Å². The zero-order valence-electron chi connectivity index (χ0n) is 19.0. The minimum atomic E-state index is -1.17. The van der Waals surface area contributed by atoms with Crippen LogP contribution in [0.25, 0.3) is 11.2 Å². The number of anilines is 1. The summed E-state index contributed by atoms with van der Waals surface area (Å²) in [5, 5.41) is 37.6. The third kappa shape index (κ3) is 7.89. The Morgan fingerprint density at radius 2 is 1.71 bits per heavy atom. The summed E-state index contributed by atoms with van der Waals surface area (Å²) in [6.07, 6.45) is 1.73. The predicted octanol–water partition coefficient (Wildman–Crippen LogP) is -1.29. The lowest BCUT2D eigenvalue weighted by Gasteiger charge is -2.16. The number of aromatic nitrogens is 4. The summed E-state index contributed by atoms with van der Waals surface area (Å²) in [5.41, 5.74) is 17.2. The normalized spacial score (nSPS) is 23.5. The Kier molecular flexibility index (Phi) is 11.4. The van der Waals surface area contributed by atoms with Crippen LogP contribution in [0, 0.1) is 0 Å². The summed E-state index contributed by atoms with van der Waals surface area (Å²) in [6.45, 7) is 0. The van der Waals surface area contributed by atoms with Gasteiger partial charge >= 0.3 is 11.9 Å². The van der Waals surface area contributed by atoms with Gasteiger partial charge in [0.15, 0.2) is 17.7 Å². The minimum absolute atomic E-state index is 0.212. The number of nitrogens with zero attached hydrogens (tertiary/aromatic N) is 4. The fourth-order valence-corrected chi connectivity index (χ4v) is 4.64. The van der Waals surface area contributed by atoms with Crippen LogP contribution < -0.4 is 17.2 Å². The first kappa shape index (κ1) is 29.0. The molecule has 0 aliphatic carbocycles. The molecule has 0 saturated carbocycles. The Bertz CT molecular complexity index is 982. The third-order valence-corrected chi connectivity index (χ3v) is 6.85. The number of rotatable bonds is 11. The average molecular weight is 534 g/mol. The highest BCUT2D eigenvalue weighted by Gasteiger charge is 2.44. The molecular weight excluding hydrogens is 502 g/mol. The standard InChI is InChI=1S/C14H20N6O5S.C5H11NO2S/c15-6(14(23)24)1-2-26-3-7-9(21)10(22)13(25-7)20-5-19-8-11(16)17-4-18-12(8)20;1-9-3-2-4(6)5(7)8/h4-7,9-10,13,21-22H,1-3,15H2,(H,23,24)(H2,16,17,18);4H,2-3,6H2,1H3,(H,7,8)/t6?,7-,9-,10-,13-;/m1./s1. The molecule has 14 nitrogen and oxygen atoms in total. The molecule has 10 N–H and O–H groups in total. The molecule has 0 spiro atoms. The summed E-state index contributed by atoms with van der Waals surface area (Å²) in [6, 6.07) is -1.60. The van der Waals surface area contributed by atoms with Gasteiger partial charge in [0.25, 0.3) is 0 Å². The summed E-state index contributed by atoms with van der Waals surface area (Å²) in [5.74, 6) is -0.0594. The largest absolute Gasteiger partial charge is 0.480 e. The fraction of sp³-hybridized carbons (Fsp3) is 0.632. The van der Waals surface area contributed by atoms with Crippen molar-refractivity contribution in [1.29, 1.82) is 0 Å². The number of hydrogen-bond donors (Lipinski definition) is 7. The lowest BCUT2D eigenvalue weighted by Crippen LogP contribution is -2.33. The van der Waals surface area contributed by atoms with Crippen LogP contribution in [-0.2, 0) is 14.3 Å². The minimum Gasteiger partial charge on any atom is -0.480 e. The lowest BCUT2D eigenvalue weighted by atomic mass is 10.1. The van der Waals surface area contributed by atoms with Crippen molar-refractivity contribution in [3.63, 3.8) is 0 Å². The predicted molar refractivity (Wildman–Crippen MR) is 132 cm³/mol. The van der Waals surface area contributed by atoms with Gasteiger partial charge in [0.1, 0.15) is 36.1 Å². The molecule has 2 unspecified atom stereocenters. The van der Waals surface area contributed by atoms with Crippen LogP contribution >= 0.6 is 23.5 Å². The number of ether oxygens (including phenoxy) is 1. The van der Waals surface area contributed by atoms with Crippen LogP contribution in [0.5, 0.6) is 0 Å². The van der Waals surface area contributed by atoms with E-state index in [1.54, 1.807) is 11.8 Å². The molecule has 1 aliphatic rings. The van der Waals surface area contributed by atoms with E-state index in [0.717, 1.165) is 5.75 Å². The molecule has 0 amide bonds. The number of carboxylic acid groups (broad SMARTS) is 2. The van der Waals surface area contributed by atoms with Crippen molar-refractivity contribution >= 4 is 52.4 Å². The highest BCUT2D eigenvalue weighted by molar-refractivity contribution is 7.99. The Labute approximate surface area is 209 Å². The van der Waals surface area contributed by atoms with Crippen LogP contribution in [0.1, 0.15) is 19.1 Å². The molecule has 6 atom stereocenters. The van der Waals surface area contributed by atoms with Gasteiger partial charge in [-0.15, -0.1) is 0 Å². The molecule has 1 aliphatic heterocycles. The first-order chi connectivity index (χ1) is 16.6. The Hall–Kier alpha value is -2.21. The van der Waals surface area contributed by atoms with Gasteiger partial charge in [0.2, 0.25) is 0 Å². The summed E-state index contributed by atoms with van der Waals surface area (Å²) >= 11 is 3.00. The molecule has 196 valence electrons. The van der Waals surface area contributed by atoms with Gasteiger partial charge in [-0.1, -0.05) is 0 Å². The maximum Gasteiger partial charge on any atom is 0.320 e. The molecule has 2 aromatic rings. The molecule has 1 saturated heterocycles. The molecule has 3 rings (SSSR count). The fourth-order valence-electron chi connectivity index (χ4n) is 3.05. The number of thioether (sulfide) groups is 2. The molecule has 2 aromatic heterocycles. The molecule has 35 heavy (non-hydrogen) atoms. The maximum atomic E-state index is 10.7. The van der Waals surface area contributed by atoms with Gasteiger partial charge in [-0.25, -0.2) is 15.0 Å². The van der Waals surface area contributed by atoms with Crippen LogP contribution in [0.4, 0.5) is 5.82 Å². The molecule has 16 heteroatoms. The first-order valence-corrected chi connectivity index (χ1v) is 13.1. The Morgan fingerprint density at radius 3 is 2.31 bits per heavy atom. The number of aliphatic hydroxyl groups is 2. The highest BCUT2D eigenvalue weighted by Crippen LogP contribution is 2.33. The van der Waals surface area contributed by atoms with E-state index in [2.05, 4.69) is 15.0 Å². The van der Waals surface area contributed by atoms with Crippen molar-refractivity contribution in [2.24, 2.45) is 11.5 Å². The second-order valence-electron chi connectivity index (χ2n) is 7.66. The molecule has 0 radical (unpaired) electrons. The van der Waals surface area contributed by atoms with Crippen molar-refractivity contribution in [3.05, 3.63) is 12.7 Å². The summed E-state index contributed by atoms with van der Waals surface area (Å²) < 4.78 is 7.29. The number of aliphatic carboxylic acids is 2. The second-order valence-corrected chi connectivity index (χ2v) is 9.80. The van der Waals surface area contributed by atoms with Gasteiger partial charge in [-0.3, -0.25) is 14.2 Å². The number of hydrogen-bond acceptors (Lipinski definition) is 13. The smallest absolute Gasteiger partial charge is 0.320 e. The molecule has 3 heterocycles. The summed E-state index contributed by atoms with van der Waals surface area (Å²) in [7, 11) is 0. The lowest BCUT2D eigenvalue weighted by molar-refractivity contribution is -0.139. The number of nitrogens with two attached hydrogens (primary N) is 3. The number of imidazole rings is 1. The van der Waals surface area contributed by atoms with Crippen molar-refractivity contribution in [1.82, 2.24) is 19.5 Å². The third-order valence-electron chi connectivity index (χ3n) is 5.12. The van der Waals surface area contributed by atoms with E-state index >= 15 is 0 Å².